The fraction of sp³-hybridized carbons (Fsp3) is 0.389. The van der Waals surface area contributed by atoms with Crippen LogP contribution in [0.5, 0.6) is 0 Å². The lowest BCUT2D eigenvalue weighted by molar-refractivity contribution is 0.0511. The van der Waals surface area contributed by atoms with Crippen LogP contribution in [0, 0.1) is 0 Å². The lowest BCUT2D eigenvalue weighted by atomic mass is 10.1. The number of rotatable bonds is 4. The number of aromatic nitrogens is 2. The van der Waals surface area contributed by atoms with E-state index in [2.05, 4.69) is 27.4 Å². The highest BCUT2D eigenvalue weighted by atomic mass is 32.1. The number of thiocarbonyl (C=S) groups is 1. The van der Waals surface area contributed by atoms with Gasteiger partial charge in [-0.3, -0.25) is 4.68 Å². The molecule has 1 aliphatic rings. The average Bonchev–Trinajstić information content (AvgIpc) is 2.95. The second-order valence-electron chi connectivity index (χ2n) is 5.93. The number of nitrogens with zero attached hydrogens (tertiary/aromatic N) is 3. The quantitative estimate of drug-likeness (QED) is 0.667. The summed E-state index contributed by atoms with van der Waals surface area (Å²) in [4.78, 5) is 14.3. The standard InChI is InChI=1S/C18H22N4O2S/c1-3-24-17(23)16-14-12-22(10-9-15(14)20-21(16)2)18(25)19-11-13-7-5-4-6-8-13/h4-8H,3,9-12H2,1-2H3,(H,19,25). The second-order valence-corrected chi connectivity index (χ2v) is 6.32. The van der Waals surface area contributed by atoms with Crippen LogP contribution in [0.1, 0.15) is 34.2 Å². The average molecular weight is 358 g/mol. The molecule has 1 N–H and O–H groups in total. The van der Waals surface area contributed by atoms with Gasteiger partial charge in [-0.2, -0.15) is 5.10 Å². The number of nitrogens with one attached hydrogen (secondary N) is 1. The van der Waals surface area contributed by atoms with Crippen LogP contribution in [0.4, 0.5) is 0 Å². The minimum atomic E-state index is -0.330. The van der Waals surface area contributed by atoms with Gasteiger partial charge in [0.1, 0.15) is 0 Å². The number of aryl methyl sites for hydroxylation is 1. The third-order valence-corrected chi connectivity index (χ3v) is 4.64. The molecule has 6 nitrogen and oxygen atoms in total. The molecular weight excluding hydrogens is 336 g/mol. The summed E-state index contributed by atoms with van der Waals surface area (Å²) in [5.41, 5.74) is 3.56. The lowest BCUT2D eigenvalue weighted by Crippen LogP contribution is -2.42. The Labute approximate surface area is 152 Å². The van der Waals surface area contributed by atoms with Gasteiger partial charge in [0.05, 0.1) is 12.3 Å². The van der Waals surface area contributed by atoms with Crippen LogP contribution in [0.25, 0.3) is 0 Å². The van der Waals surface area contributed by atoms with Gasteiger partial charge < -0.3 is 15.0 Å². The summed E-state index contributed by atoms with van der Waals surface area (Å²) < 4.78 is 6.79. The summed E-state index contributed by atoms with van der Waals surface area (Å²) in [7, 11) is 1.78. The molecule has 7 heteroatoms. The van der Waals surface area contributed by atoms with Gasteiger partial charge in [-0.25, -0.2) is 4.79 Å². The first-order valence-electron chi connectivity index (χ1n) is 8.38. The molecule has 0 aliphatic carbocycles. The number of ether oxygens (including phenoxy) is 1. The van der Waals surface area contributed by atoms with Crippen molar-refractivity contribution in [3.05, 3.63) is 52.8 Å². The Morgan fingerprint density at radius 2 is 2.12 bits per heavy atom. The summed E-state index contributed by atoms with van der Waals surface area (Å²) in [6.45, 7) is 4.18. The van der Waals surface area contributed by atoms with E-state index in [9.17, 15) is 4.79 Å². The van der Waals surface area contributed by atoms with Crippen molar-refractivity contribution in [2.45, 2.75) is 26.4 Å². The molecule has 2 aromatic rings. The van der Waals surface area contributed by atoms with E-state index in [4.69, 9.17) is 17.0 Å². The normalized spacial score (nSPS) is 13.3. The molecule has 0 unspecified atom stereocenters. The minimum Gasteiger partial charge on any atom is -0.461 e. The zero-order valence-corrected chi connectivity index (χ0v) is 15.3. The van der Waals surface area contributed by atoms with E-state index in [0.717, 1.165) is 24.2 Å². The molecule has 0 saturated heterocycles. The first kappa shape index (κ1) is 17.4. The van der Waals surface area contributed by atoms with Crippen molar-refractivity contribution in [3.63, 3.8) is 0 Å². The number of fused-ring (bicyclic) bond motifs is 1. The van der Waals surface area contributed by atoms with E-state index >= 15 is 0 Å². The fourth-order valence-electron chi connectivity index (χ4n) is 3.01. The zero-order valence-electron chi connectivity index (χ0n) is 14.5. The molecule has 3 rings (SSSR count). The Bertz CT molecular complexity index is 773. The van der Waals surface area contributed by atoms with Crippen molar-refractivity contribution in [2.24, 2.45) is 7.05 Å². The van der Waals surface area contributed by atoms with Gasteiger partial charge in [0, 0.05) is 38.7 Å². The van der Waals surface area contributed by atoms with Gasteiger partial charge in [0.25, 0.3) is 0 Å². The largest absolute Gasteiger partial charge is 0.461 e. The molecule has 0 fully saturated rings. The minimum absolute atomic E-state index is 0.330. The third kappa shape index (κ3) is 3.82. The molecule has 1 aromatic heterocycles. The summed E-state index contributed by atoms with van der Waals surface area (Å²) in [6.07, 6.45) is 0.760. The van der Waals surface area contributed by atoms with Crippen molar-refractivity contribution < 1.29 is 9.53 Å². The highest BCUT2D eigenvalue weighted by Crippen LogP contribution is 2.22. The maximum absolute atomic E-state index is 12.2. The highest BCUT2D eigenvalue weighted by Gasteiger charge is 2.28. The molecular formula is C18H22N4O2S. The van der Waals surface area contributed by atoms with E-state index < -0.39 is 0 Å². The van der Waals surface area contributed by atoms with Crippen molar-refractivity contribution in [1.82, 2.24) is 20.0 Å². The number of hydrogen-bond donors (Lipinski definition) is 1. The number of benzene rings is 1. The number of carbonyl (C=O) groups excluding carboxylic acids is 1. The van der Waals surface area contributed by atoms with Crippen molar-refractivity contribution in [2.75, 3.05) is 13.2 Å². The molecule has 0 atom stereocenters. The Morgan fingerprint density at radius 1 is 1.36 bits per heavy atom. The van der Waals surface area contributed by atoms with E-state index in [1.165, 1.54) is 5.56 Å². The predicted octanol–water partition coefficient (Wildman–Crippen LogP) is 2.03. The molecule has 0 spiro atoms. The van der Waals surface area contributed by atoms with Crippen LogP contribution in [-0.4, -0.2) is 38.9 Å². The van der Waals surface area contributed by atoms with Gasteiger partial charge in [-0.15, -0.1) is 0 Å². The van der Waals surface area contributed by atoms with E-state index in [1.54, 1.807) is 18.7 Å². The van der Waals surface area contributed by atoms with Gasteiger partial charge in [-0.1, -0.05) is 30.3 Å². The predicted molar refractivity (Wildman–Crippen MR) is 99.2 cm³/mol. The van der Waals surface area contributed by atoms with E-state index in [0.29, 0.717) is 30.5 Å². The lowest BCUT2D eigenvalue weighted by Gasteiger charge is -2.29. The van der Waals surface area contributed by atoms with Crippen LogP contribution < -0.4 is 5.32 Å². The molecule has 2 heterocycles. The molecule has 0 radical (unpaired) electrons. The maximum Gasteiger partial charge on any atom is 0.356 e. The van der Waals surface area contributed by atoms with Crippen molar-refractivity contribution in [1.29, 1.82) is 0 Å². The monoisotopic (exact) mass is 358 g/mol. The number of esters is 1. The first-order chi connectivity index (χ1) is 12.1. The Kier molecular flexibility index (Phi) is 5.33. The molecule has 0 saturated carbocycles. The molecule has 25 heavy (non-hydrogen) atoms. The van der Waals surface area contributed by atoms with Crippen LogP contribution >= 0.6 is 12.2 Å². The smallest absolute Gasteiger partial charge is 0.356 e. The fourth-order valence-corrected chi connectivity index (χ4v) is 3.24. The highest BCUT2D eigenvalue weighted by molar-refractivity contribution is 7.80. The summed E-state index contributed by atoms with van der Waals surface area (Å²) >= 11 is 5.54. The van der Waals surface area contributed by atoms with Gasteiger partial charge in [-0.05, 0) is 24.7 Å². The van der Waals surface area contributed by atoms with Crippen LogP contribution in [0.15, 0.2) is 30.3 Å². The summed E-state index contributed by atoms with van der Waals surface area (Å²) in [5, 5.41) is 8.45. The Hall–Kier alpha value is -2.41. The van der Waals surface area contributed by atoms with Crippen LogP contribution in [0.3, 0.4) is 0 Å². The van der Waals surface area contributed by atoms with Crippen molar-refractivity contribution in [3.8, 4) is 0 Å². The molecule has 0 amide bonds. The summed E-state index contributed by atoms with van der Waals surface area (Å²) in [5.74, 6) is -0.330. The molecule has 0 bridgehead atoms. The molecule has 1 aliphatic heterocycles. The Balaban J connectivity index is 1.69. The topological polar surface area (TPSA) is 59.4 Å². The second kappa shape index (κ2) is 7.65. The third-order valence-electron chi connectivity index (χ3n) is 4.24. The van der Waals surface area contributed by atoms with Gasteiger partial charge in [0.15, 0.2) is 10.8 Å². The summed E-state index contributed by atoms with van der Waals surface area (Å²) in [6, 6.07) is 10.1. The van der Waals surface area contributed by atoms with Gasteiger partial charge >= 0.3 is 5.97 Å². The van der Waals surface area contributed by atoms with Gasteiger partial charge in [0.2, 0.25) is 0 Å². The molecule has 1 aromatic carbocycles. The van der Waals surface area contributed by atoms with Crippen molar-refractivity contribution >= 4 is 23.3 Å². The van der Waals surface area contributed by atoms with E-state index in [-0.39, 0.29) is 5.97 Å². The first-order valence-corrected chi connectivity index (χ1v) is 8.79. The van der Waals surface area contributed by atoms with Crippen LogP contribution in [0.2, 0.25) is 0 Å². The number of hydrogen-bond acceptors (Lipinski definition) is 4. The SMILES string of the molecule is CCOC(=O)c1c2c(nn1C)CCN(C(=S)NCc1ccccc1)C2. The maximum atomic E-state index is 12.2. The molecule has 132 valence electrons. The zero-order chi connectivity index (χ0) is 17.8. The van der Waals surface area contributed by atoms with E-state index in [1.807, 2.05) is 18.2 Å². The Morgan fingerprint density at radius 3 is 2.84 bits per heavy atom. The van der Waals surface area contributed by atoms with Crippen LogP contribution in [-0.2, 0) is 31.3 Å². The number of carbonyl (C=O) groups is 1.